The van der Waals surface area contributed by atoms with Crippen molar-refractivity contribution in [3.8, 4) is 6.07 Å². The number of amides is 2. The van der Waals surface area contributed by atoms with Gasteiger partial charge in [0.2, 0.25) is 5.91 Å². The molecule has 0 aliphatic carbocycles. The lowest BCUT2D eigenvalue weighted by molar-refractivity contribution is -0.114. The third kappa shape index (κ3) is 4.93. The smallest absolute Gasteiger partial charge is 0.257 e. The third-order valence-corrected chi connectivity index (χ3v) is 3.74. The molecule has 0 radical (unpaired) electrons. The molecule has 3 aromatic rings. The predicted molar refractivity (Wildman–Crippen MR) is 107 cm³/mol. The van der Waals surface area contributed by atoms with Crippen molar-refractivity contribution >= 4 is 34.6 Å². The van der Waals surface area contributed by atoms with Crippen molar-refractivity contribution in [1.29, 1.82) is 5.26 Å². The Kier molecular flexibility index (Phi) is 5.63. The summed E-state index contributed by atoms with van der Waals surface area (Å²) >= 11 is 0. The minimum absolute atomic E-state index is 0.135. The van der Waals surface area contributed by atoms with Gasteiger partial charge in [-0.25, -0.2) is 0 Å². The van der Waals surface area contributed by atoms with Crippen molar-refractivity contribution < 1.29 is 9.59 Å². The highest BCUT2D eigenvalue weighted by Gasteiger charge is 2.08. The summed E-state index contributed by atoms with van der Waals surface area (Å²) in [6.45, 7) is 1.45. The average Bonchev–Trinajstić information content (AvgIpc) is 2.69. The van der Waals surface area contributed by atoms with Crippen LogP contribution in [0.5, 0.6) is 0 Å². The van der Waals surface area contributed by atoms with Crippen LogP contribution in [-0.2, 0) is 4.79 Å². The molecule has 1 heterocycles. The number of benzene rings is 2. The van der Waals surface area contributed by atoms with Crippen molar-refractivity contribution in [2.24, 2.45) is 0 Å². The van der Waals surface area contributed by atoms with Crippen LogP contribution < -0.4 is 16.0 Å². The fraction of sp³-hybridized carbons (Fsp3) is 0.0476. The highest BCUT2D eigenvalue weighted by atomic mass is 16.2. The van der Waals surface area contributed by atoms with E-state index in [-0.39, 0.29) is 11.8 Å². The van der Waals surface area contributed by atoms with Gasteiger partial charge in [0.15, 0.2) is 0 Å². The summed E-state index contributed by atoms with van der Waals surface area (Å²) in [6, 6.07) is 17.6. The second kappa shape index (κ2) is 8.47. The first-order chi connectivity index (χ1) is 13.5. The Morgan fingerprint density at radius 2 is 1.64 bits per heavy atom. The molecule has 0 bridgehead atoms. The zero-order chi connectivity index (χ0) is 19.9. The molecule has 0 fully saturated rings. The summed E-state index contributed by atoms with van der Waals surface area (Å²) in [5.41, 5.74) is 3.51. The number of nitrogens with zero attached hydrogens (tertiary/aromatic N) is 2. The van der Waals surface area contributed by atoms with Gasteiger partial charge >= 0.3 is 0 Å². The van der Waals surface area contributed by atoms with E-state index in [0.29, 0.717) is 28.2 Å². The van der Waals surface area contributed by atoms with Crippen LogP contribution in [0.3, 0.4) is 0 Å². The topological polar surface area (TPSA) is 107 Å². The second-order valence-electron chi connectivity index (χ2n) is 5.99. The lowest BCUT2D eigenvalue weighted by Gasteiger charge is -2.10. The summed E-state index contributed by atoms with van der Waals surface area (Å²) in [4.78, 5) is 27.6. The van der Waals surface area contributed by atoms with Crippen LogP contribution in [0.4, 0.5) is 22.7 Å². The number of hydrogen-bond donors (Lipinski definition) is 3. The molecule has 0 aliphatic rings. The van der Waals surface area contributed by atoms with Crippen molar-refractivity contribution in [2.45, 2.75) is 6.92 Å². The fourth-order valence-electron chi connectivity index (χ4n) is 2.51. The number of nitriles is 1. The Hall–Kier alpha value is -4.18. The Morgan fingerprint density at radius 1 is 0.893 bits per heavy atom. The quantitative estimate of drug-likeness (QED) is 0.630. The second-order valence-corrected chi connectivity index (χ2v) is 5.99. The van der Waals surface area contributed by atoms with E-state index in [2.05, 4.69) is 20.9 Å². The Labute approximate surface area is 162 Å². The summed E-state index contributed by atoms with van der Waals surface area (Å²) in [5.74, 6) is -0.462. The number of carbonyl (C=O) groups is 2. The van der Waals surface area contributed by atoms with Gasteiger partial charge in [0, 0.05) is 30.2 Å². The number of aromatic nitrogens is 1. The molecule has 1 aromatic heterocycles. The van der Waals surface area contributed by atoms with Crippen molar-refractivity contribution in [3.63, 3.8) is 0 Å². The normalized spacial score (nSPS) is 9.86. The van der Waals surface area contributed by atoms with Gasteiger partial charge in [-0.1, -0.05) is 6.07 Å². The summed E-state index contributed by atoms with van der Waals surface area (Å²) in [6.07, 6.45) is 3.07. The molecular weight excluding hydrogens is 354 g/mol. The number of rotatable bonds is 5. The van der Waals surface area contributed by atoms with Crippen LogP contribution in [0.2, 0.25) is 0 Å². The average molecular weight is 371 g/mol. The summed E-state index contributed by atoms with van der Waals surface area (Å²) in [5, 5.41) is 17.6. The van der Waals surface area contributed by atoms with Gasteiger partial charge in [-0.2, -0.15) is 5.26 Å². The molecular formula is C21H17N5O2. The molecule has 0 aliphatic heterocycles. The maximum Gasteiger partial charge on any atom is 0.257 e. The molecule has 0 atom stereocenters. The number of pyridine rings is 1. The van der Waals surface area contributed by atoms with Gasteiger partial charge in [-0.05, 0) is 48.5 Å². The molecule has 138 valence electrons. The monoisotopic (exact) mass is 371 g/mol. The molecule has 0 saturated carbocycles. The molecule has 2 amide bonds. The zero-order valence-electron chi connectivity index (χ0n) is 15.1. The van der Waals surface area contributed by atoms with E-state index in [4.69, 9.17) is 5.26 Å². The Balaban J connectivity index is 1.70. The van der Waals surface area contributed by atoms with Crippen LogP contribution in [0.1, 0.15) is 22.8 Å². The van der Waals surface area contributed by atoms with E-state index in [9.17, 15) is 9.59 Å². The van der Waals surface area contributed by atoms with E-state index in [1.165, 1.54) is 13.1 Å². The standard InChI is InChI=1S/C21H17N5O2/c1-14(27)24-17-5-7-18(8-6-17)25-20-10-16(12-23-13-20)21(28)26-19-4-2-3-15(9-19)11-22/h2-10,12-13,25H,1H3,(H,24,27)(H,26,28). The van der Waals surface area contributed by atoms with Crippen LogP contribution in [0.15, 0.2) is 67.0 Å². The maximum absolute atomic E-state index is 12.5. The third-order valence-electron chi connectivity index (χ3n) is 3.74. The Bertz CT molecular complexity index is 1050. The minimum atomic E-state index is -0.327. The molecule has 28 heavy (non-hydrogen) atoms. The number of hydrogen-bond acceptors (Lipinski definition) is 5. The van der Waals surface area contributed by atoms with E-state index in [1.54, 1.807) is 48.7 Å². The van der Waals surface area contributed by atoms with Gasteiger partial charge in [0.25, 0.3) is 5.91 Å². The van der Waals surface area contributed by atoms with Crippen LogP contribution in [0, 0.1) is 11.3 Å². The van der Waals surface area contributed by atoms with Crippen LogP contribution in [-0.4, -0.2) is 16.8 Å². The summed E-state index contributed by atoms with van der Waals surface area (Å²) in [7, 11) is 0. The predicted octanol–water partition coefficient (Wildman–Crippen LogP) is 3.91. The van der Waals surface area contributed by atoms with E-state index in [1.807, 2.05) is 18.2 Å². The SMILES string of the molecule is CC(=O)Nc1ccc(Nc2cncc(C(=O)Nc3cccc(C#N)c3)c2)cc1. The lowest BCUT2D eigenvalue weighted by atomic mass is 10.2. The molecule has 0 unspecified atom stereocenters. The first kappa shape index (κ1) is 18.6. The minimum Gasteiger partial charge on any atom is -0.354 e. The van der Waals surface area contributed by atoms with E-state index in [0.717, 1.165) is 5.69 Å². The summed E-state index contributed by atoms with van der Waals surface area (Å²) < 4.78 is 0. The van der Waals surface area contributed by atoms with Gasteiger partial charge in [0.1, 0.15) is 0 Å². The number of anilines is 4. The fourth-order valence-corrected chi connectivity index (χ4v) is 2.51. The zero-order valence-corrected chi connectivity index (χ0v) is 15.1. The first-order valence-corrected chi connectivity index (χ1v) is 8.45. The maximum atomic E-state index is 12.5. The molecule has 0 spiro atoms. The lowest BCUT2D eigenvalue weighted by Crippen LogP contribution is -2.12. The van der Waals surface area contributed by atoms with Crippen molar-refractivity contribution in [1.82, 2.24) is 4.98 Å². The molecule has 7 nitrogen and oxygen atoms in total. The van der Waals surface area contributed by atoms with Crippen LogP contribution >= 0.6 is 0 Å². The first-order valence-electron chi connectivity index (χ1n) is 8.45. The molecule has 3 rings (SSSR count). The van der Waals surface area contributed by atoms with Crippen molar-refractivity contribution in [3.05, 3.63) is 78.1 Å². The van der Waals surface area contributed by atoms with Crippen molar-refractivity contribution in [2.75, 3.05) is 16.0 Å². The largest absolute Gasteiger partial charge is 0.354 e. The molecule has 0 saturated heterocycles. The van der Waals surface area contributed by atoms with Gasteiger partial charge in [0.05, 0.1) is 29.1 Å². The highest BCUT2D eigenvalue weighted by Crippen LogP contribution is 2.20. The van der Waals surface area contributed by atoms with Gasteiger partial charge in [-0.3, -0.25) is 14.6 Å². The molecule has 2 aromatic carbocycles. The number of nitrogens with one attached hydrogen (secondary N) is 3. The molecule has 7 heteroatoms. The van der Waals surface area contributed by atoms with E-state index < -0.39 is 0 Å². The highest BCUT2D eigenvalue weighted by molar-refractivity contribution is 6.04. The van der Waals surface area contributed by atoms with E-state index >= 15 is 0 Å². The Morgan fingerprint density at radius 3 is 2.36 bits per heavy atom. The van der Waals surface area contributed by atoms with Crippen LogP contribution in [0.25, 0.3) is 0 Å². The van der Waals surface area contributed by atoms with Gasteiger partial charge in [-0.15, -0.1) is 0 Å². The number of carbonyl (C=O) groups excluding carboxylic acids is 2. The molecule has 3 N–H and O–H groups in total. The van der Waals surface area contributed by atoms with Gasteiger partial charge < -0.3 is 16.0 Å².